The fourth-order valence-electron chi connectivity index (χ4n) is 2.07. The quantitative estimate of drug-likeness (QED) is 0.498. The second-order valence-electron chi connectivity index (χ2n) is 6.78. The zero-order chi connectivity index (χ0) is 16.4. The van der Waals surface area contributed by atoms with Crippen molar-refractivity contribution in [2.24, 2.45) is 16.8 Å². The topological polar surface area (TPSA) is 15.6 Å². The molecule has 21 heavy (non-hydrogen) atoms. The third-order valence-corrected chi connectivity index (χ3v) is 3.60. The minimum Gasteiger partial charge on any atom is -0.377 e. The highest BCUT2D eigenvalue weighted by molar-refractivity contribution is 5.97. The molecule has 0 aromatic heterocycles. The van der Waals surface area contributed by atoms with Crippen molar-refractivity contribution in [3.63, 3.8) is 0 Å². The lowest BCUT2D eigenvalue weighted by Crippen LogP contribution is -2.23. The fourth-order valence-corrected chi connectivity index (χ4v) is 2.07. The molecule has 0 rings (SSSR count). The van der Waals surface area contributed by atoms with E-state index < -0.39 is 0 Å². The van der Waals surface area contributed by atoms with Crippen molar-refractivity contribution in [1.82, 2.24) is 4.90 Å². The first-order valence-electron chi connectivity index (χ1n) is 8.41. The van der Waals surface area contributed by atoms with E-state index in [9.17, 15) is 0 Å². The van der Waals surface area contributed by atoms with Crippen LogP contribution in [0.1, 0.15) is 61.3 Å². The van der Waals surface area contributed by atoms with Crippen molar-refractivity contribution in [2.75, 3.05) is 13.1 Å². The average Bonchev–Trinajstić information content (AvgIpc) is 2.41. The van der Waals surface area contributed by atoms with Crippen LogP contribution in [0.4, 0.5) is 0 Å². The van der Waals surface area contributed by atoms with Gasteiger partial charge in [0.15, 0.2) is 0 Å². The number of hydrogen-bond donors (Lipinski definition) is 0. The average molecular weight is 293 g/mol. The summed E-state index contributed by atoms with van der Waals surface area (Å²) < 4.78 is 0. The summed E-state index contributed by atoms with van der Waals surface area (Å²) in [6, 6.07) is 0.414. The Morgan fingerprint density at radius 1 is 1.19 bits per heavy atom. The molecule has 0 amide bonds. The molecule has 0 N–H and O–H groups in total. The van der Waals surface area contributed by atoms with Gasteiger partial charge in [0.25, 0.3) is 0 Å². The number of aliphatic imine (C=N–C) groups is 1. The summed E-state index contributed by atoms with van der Waals surface area (Å²) in [5.41, 5.74) is 2.64. The molecule has 0 aromatic rings. The zero-order valence-electron chi connectivity index (χ0n) is 15.3. The van der Waals surface area contributed by atoms with E-state index in [1.54, 1.807) is 0 Å². The molecular formula is C19H36N2. The number of nitrogens with zero attached hydrogens (tertiary/aromatic N) is 2. The molecule has 0 bridgehead atoms. The lowest BCUT2D eigenvalue weighted by molar-refractivity contribution is 0.334. The van der Waals surface area contributed by atoms with E-state index in [2.05, 4.69) is 66.0 Å². The summed E-state index contributed by atoms with van der Waals surface area (Å²) in [4.78, 5) is 7.15. The molecule has 0 heterocycles. The van der Waals surface area contributed by atoms with Gasteiger partial charge in [0.1, 0.15) is 0 Å². The van der Waals surface area contributed by atoms with Crippen LogP contribution in [0.2, 0.25) is 0 Å². The first-order valence-corrected chi connectivity index (χ1v) is 8.41. The van der Waals surface area contributed by atoms with Crippen LogP contribution in [0.25, 0.3) is 0 Å². The van der Waals surface area contributed by atoms with Gasteiger partial charge in [0.05, 0.1) is 0 Å². The second kappa shape index (κ2) is 10.6. The van der Waals surface area contributed by atoms with E-state index in [1.807, 2.05) is 6.20 Å². The molecule has 0 fully saturated rings. The Morgan fingerprint density at radius 2 is 1.81 bits per heavy atom. The Bertz CT molecular complexity index is 351. The van der Waals surface area contributed by atoms with Crippen LogP contribution in [-0.4, -0.2) is 29.7 Å². The summed E-state index contributed by atoms with van der Waals surface area (Å²) in [6.07, 6.45) is 6.42. The maximum atomic E-state index is 4.84. The second-order valence-corrected chi connectivity index (χ2v) is 6.78. The maximum absolute atomic E-state index is 4.84. The third-order valence-electron chi connectivity index (χ3n) is 3.60. The SMILES string of the molecule is C=CN(CC/C(C)=C/C(=N\C(C)CC)C(C)C)CC(C)C. The predicted octanol–water partition coefficient (Wildman–Crippen LogP) is 5.32. The van der Waals surface area contributed by atoms with Crippen molar-refractivity contribution in [3.8, 4) is 0 Å². The molecule has 0 saturated heterocycles. The number of allylic oxidation sites excluding steroid dienone is 1. The van der Waals surface area contributed by atoms with Crippen molar-refractivity contribution in [1.29, 1.82) is 0 Å². The molecule has 2 nitrogen and oxygen atoms in total. The van der Waals surface area contributed by atoms with E-state index in [1.165, 1.54) is 11.3 Å². The van der Waals surface area contributed by atoms with Crippen molar-refractivity contribution < 1.29 is 0 Å². The molecule has 2 heteroatoms. The Hall–Kier alpha value is -1.05. The van der Waals surface area contributed by atoms with Crippen molar-refractivity contribution >= 4 is 5.71 Å². The molecule has 0 spiro atoms. The Kier molecular flexibility index (Phi) is 10.1. The summed E-state index contributed by atoms with van der Waals surface area (Å²) >= 11 is 0. The highest BCUT2D eigenvalue weighted by Gasteiger charge is 2.07. The lowest BCUT2D eigenvalue weighted by Gasteiger charge is -2.22. The molecular weight excluding hydrogens is 256 g/mol. The fraction of sp³-hybridized carbons (Fsp3) is 0.737. The minimum atomic E-state index is 0.414. The Morgan fingerprint density at radius 3 is 2.24 bits per heavy atom. The number of rotatable bonds is 10. The van der Waals surface area contributed by atoms with Gasteiger partial charge < -0.3 is 4.90 Å². The van der Waals surface area contributed by atoms with Gasteiger partial charge >= 0.3 is 0 Å². The Labute approximate surface area is 133 Å². The van der Waals surface area contributed by atoms with Gasteiger partial charge in [0.2, 0.25) is 0 Å². The van der Waals surface area contributed by atoms with E-state index in [0.29, 0.717) is 17.9 Å². The van der Waals surface area contributed by atoms with E-state index in [4.69, 9.17) is 4.99 Å². The summed E-state index contributed by atoms with van der Waals surface area (Å²) in [6.45, 7) is 21.6. The van der Waals surface area contributed by atoms with Crippen LogP contribution in [0.5, 0.6) is 0 Å². The molecule has 0 aliphatic heterocycles. The molecule has 1 atom stereocenters. The van der Waals surface area contributed by atoms with Crippen LogP contribution < -0.4 is 0 Å². The van der Waals surface area contributed by atoms with Gasteiger partial charge in [-0.3, -0.25) is 4.99 Å². The minimum absolute atomic E-state index is 0.414. The van der Waals surface area contributed by atoms with E-state index in [0.717, 1.165) is 25.9 Å². The van der Waals surface area contributed by atoms with Gasteiger partial charge in [0, 0.05) is 24.8 Å². The molecule has 0 aliphatic carbocycles. The lowest BCUT2D eigenvalue weighted by atomic mass is 10.0. The standard InChI is InChI=1S/C19H36N2/c1-9-18(8)20-19(16(5)6)13-17(7)11-12-21(10-2)14-15(3)4/h10,13,15-16,18H,2,9,11-12,14H2,1,3-8H3/b17-13+,20-19+. The van der Waals surface area contributed by atoms with Crippen molar-refractivity contribution in [2.45, 2.75) is 67.3 Å². The first kappa shape index (κ1) is 19.9. The van der Waals surface area contributed by atoms with Crippen LogP contribution in [0, 0.1) is 11.8 Å². The van der Waals surface area contributed by atoms with Crippen LogP contribution >= 0.6 is 0 Å². The van der Waals surface area contributed by atoms with Gasteiger partial charge in [-0.1, -0.05) is 46.8 Å². The summed E-state index contributed by atoms with van der Waals surface area (Å²) in [7, 11) is 0. The highest BCUT2D eigenvalue weighted by Crippen LogP contribution is 2.10. The van der Waals surface area contributed by atoms with Crippen LogP contribution in [0.15, 0.2) is 29.4 Å². The normalized spacial score (nSPS) is 14.7. The van der Waals surface area contributed by atoms with Gasteiger partial charge in [-0.25, -0.2) is 0 Å². The Balaban J connectivity index is 4.68. The molecule has 0 aromatic carbocycles. The monoisotopic (exact) mass is 292 g/mol. The summed E-state index contributed by atoms with van der Waals surface area (Å²) in [5, 5.41) is 0. The number of hydrogen-bond acceptors (Lipinski definition) is 2. The van der Waals surface area contributed by atoms with Crippen LogP contribution in [-0.2, 0) is 0 Å². The zero-order valence-corrected chi connectivity index (χ0v) is 15.3. The van der Waals surface area contributed by atoms with Gasteiger partial charge in [-0.05, 0) is 50.8 Å². The van der Waals surface area contributed by atoms with Crippen LogP contribution in [0.3, 0.4) is 0 Å². The summed E-state index contributed by atoms with van der Waals surface area (Å²) in [5.74, 6) is 1.16. The third kappa shape index (κ3) is 9.49. The van der Waals surface area contributed by atoms with E-state index >= 15 is 0 Å². The first-order chi connectivity index (χ1) is 9.79. The predicted molar refractivity (Wildman–Crippen MR) is 97.0 cm³/mol. The smallest absolute Gasteiger partial charge is 0.0472 e. The molecule has 1 unspecified atom stereocenters. The molecule has 0 saturated carbocycles. The van der Waals surface area contributed by atoms with Gasteiger partial charge in [-0.2, -0.15) is 0 Å². The molecule has 122 valence electrons. The largest absolute Gasteiger partial charge is 0.377 e. The van der Waals surface area contributed by atoms with Gasteiger partial charge in [-0.15, -0.1) is 0 Å². The highest BCUT2D eigenvalue weighted by atomic mass is 15.1. The molecule has 0 aliphatic rings. The van der Waals surface area contributed by atoms with Crippen molar-refractivity contribution in [3.05, 3.63) is 24.4 Å². The molecule has 0 radical (unpaired) electrons. The van der Waals surface area contributed by atoms with E-state index in [-0.39, 0.29) is 0 Å². The maximum Gasteiger partial charge on any atom is 0.0472 e.